The van der Waals surface area contributed by atoms with Crippen molar-refractivity contribution in [2.24, 2.45) is 0 Å². The highest BCUT2D eigenvalue weighted by atomic mass is 16.6. The highest BCUT2D eigenvalue weighted by Gasteiger charge is 2.13. The van der Waals surface area contributed by atoms with Crippen molar-refractivity contribution in [2.45, 2.75) is 6.61 Å². The van der Waals surface area contributed by atoms with Crippen molar-refractivity contribution in [3.8, 4) is 23.0 Å². The summed E-state index contributed by atoms with van der Waals surface area (Å²) in [5.41, 5.74) is 0.466. The molecule has 0 unspecified atom stereocenters. The lowest BCUT2D eigenvalue weighted by atomic mass is 10.2. The molecule has 0 atom stereocenters. The molecule has 0 bridgehead atoms. The van der Waals surface area contributed by atoms with Gasteiger partial charge in [0.2, 0.25) is 5.89 Å². The number of hydrogen-bond acceptors (Lipinski definition) is 9. The standard InChI is InChI=1S/C18H15N3O7/c1-25-14-6-8-15(9-7-14)26-11-17(22)27-10-16-19-20-18(28-16)12-2-4-13(5-3-12)21(23)24/h2-9H,10-11H2,1H3. The van der Waals surface area contributed by atoms with Crippen LogP contribution in [-0.4, -0.2) is 34.8 Å². The Balaban J connectivity index is 1.49. The van der Waals surface area contributed by atoms with Crippen LogP contribution in [0.1, 0.15) is 5.89 Å². The summed E-state index contributed by atoms with van der Waals surface area (Å²) < 4.78 is 20.7. The average Bonchev–Trinajstić information content (AvgIpc) is 3.20. The number of rotatable bonds is 8. The number of carbonyl (C=O) groups excluding carboxylic acids is 1. The molecule has 10 heteroatoms. The van der Waals surface area contributed by atoms with Gasteiger partial charge in [0.1, 0.15) is 11.5 Å². The fraction of sp³-hybridized carbons (Fsp3) is 0.167. The SMILES string of the molecule is COc1ccc(OCC(=O)OCc2nnc(-c3ccc([N+](=O)[O-])cc3)o2)cc1. The lowest BCUT2D eigenvalue weighted by Gasteiger charge is -2.06. The second-order valence-electron chi connectivity index (χ2n) is 5.43. The molecule has 3 aromatic rings. The molecule has 0 saturated carbocycles. The van der Waals surface area contributed by atoms with Crippen molar-refractivity contribution in [2.75, 3.05) is 13.7 Å². The maximum atomic E-state index is 11.8. The van der Waals surface area contributed by atoms with Crippen molar-refractivity contribution in [3.05, 3.63) is 64.5 Å². The topological polar surface area (TPSA) is 127 Å². The first-order valence-electron chi connectivity index (χ1n) is 8.05. The number of ether oxygens (including phenoxy) is 3. The van der Waals surface area contributed by atoms with Gasteiger partial charge < -0.3 is 18.6 Å². The number of hydrogen-bond donors (Lipinski definition) is 0. The van der Waals surface area contributed by atoms with Crippen LogP contribution in [-0.2, 0) is 16.1 Å². The van der Waals surface area contributed by atoms with Crippen molar-refractivity contribution >= 4 is 11.7 Å². The first kappa shape index (κ1) is 18.8. The van der Waals surface area contributed by atoms with Crippen LogP contribution >= 0.6 is 0 Å². The Morgan fingerprint density at radius 3 is 2.39 bits per heavy atom. The van der Waals surface area contributed by atoms with Gasteiger partial charge in [0.05, 0.1) is 12.0 Å². The van der Waals surface area contributed by atoms with E-state index in [0.29, 0.717) is 17.1 Å². The molecule has 0 fully saturated rings. The Labute approximate surface area is 158 Å². The highest BCUT2D eigenvalue weighted by molar-refractivity contribution is 5.71. The van der Waals surface area contributed by atoms with E-state index in [0.717, 1.165) is 0 Å². The summed E-state index contributed by atoms with van der Waals surface area (Å²) in [5.74, 6) is 0.818. The molecule has 0 aliphatic carbocycles. The number of nitro groups is 1. The van der Waals surface area contributed by atoms with Gasteiger partial charge in [-0.25, -0.2) is 4.79 Å². The third-order valence-corrected chi connectivity index (χ3v) is 3.56. The highest BCUT2D eigenvalue weighted by Crippen LogP contribution is 2.21. The molecule has 28 heavy (non-hydrogen) atoms. The molecule has 1 heterocycles. The Morgan fingerprint density at radius 1 is 1.07 bits per heavy atom. The molecule has 0 aliphatic rings. The molecule has 0 spiro atoms. The molecule has 0 radical (unpaired) electrons. The average molecular weight is 385 g/mol. The minimum Gasteiger partial charge on any atom is -0.497 e. The first-order valence-corrected chi connectivity index (χ1v) is 8.05. The molecule has 144 valence electrons. The lowest BCUT2D eigenvalue weighted by Crippen LogP contribution is -2.14. The predicted octanol–water partition coefficient (Wildman–Crippen LogP) is 2.78. The van der Waals surface area contributed by atoms with Gasteiger partial charge in [-0.2, -0.15) is 0 Å². The lowest BCUT2D eigenvalue weighted by molar-refractivity contribution is -0.384. The molecular weight excluding hydrogens is 370 g/mol. The number of esters is 1. The zero-order valence-electron chi connectivity index (χ0n) is 14.7. The Hall–Kier alpha value is -3.95. The molecular formula is C18H15N3O7. The van der Waals surface area contributed by atoms with Crippen LogP contribution in [0.2, 0.25) is 0 Å². The third-order valence-electron chi connectivity index (χ3n) is 3.56. The molecule has 0 aliphatic heterocycles. The summed E-state index contributed by atoms with van der Waals surface area (Å²) in [6.45, 7) is -0.500. The van der Waals surface area contributed by atoms with Gasteiger partial charge in [-0.15, -0.1) is 10.2 Å². The molecule has 0 amide bonds. The Kier molecular flexibility index (Phi) is 5.80. The number of aromatic nitrogens is 2. The Morgan fingerprint density at radius 2 is 1.75 bits per heavy atom. The van der Waals surface area contributed by atoms with Crippen LogP contribution in [0.3, 0.4) is 0 Å². The first-order chi connectivity index (χ1) is 13.5. The van der Waals surface area contributed by atoms with Crippen LogP contribution < -0.4 is 9.47 Å². The molecule has 3 rings (SSSR count). The quantitative estimate of drug-likeness (QED) is 0.327. The van der Waals surface area contributed by atoms with E-state index in [4.69, 9.17) is 18.6 Å². The van der Waals surface area contributed by atoms with Crippen LogP contribution in [0.4, 0.5) is 5.69 Å². The van der Waals surface area contributed by atoms with E-state index in [2.05, 4.69) is 10.2 Å². The fourth-order valence-corrected chi connectivity index (χ4v) is 2.15. The maximum Gasteiger partial charge on any atom is 0.344 e. The maximum absolute atomic E-state index is 11.8. The van der Waals surface area contributed by atoms with Crippen LogP contribution in [0.5, 0.6) is 11.5 Å². The molecule has 1 aromatic heterocycles. The monoisotopic (exact) mass is 385 g/mol. The smallest absolute Gasteiger partial charge is 0.344 e. The van der Waals surface area contributed by atoms with E-state index in [-0.39, 0.29) is 30.7 Å². The summed E-state index contributed by atoms with van der Waals surface area (Å²) in [5, 5.41) is 18.3. The van der Waals surface area contributed by atoms with E-state index in [1.54, 1.807) is 31.4 Å². The minimum absolute atomic E-state index is 0.0470. The van der Waals surface area contributed by atoms with E-state index >= 15 is 0 Å². The van der Waals surface area contributed by atoms with E-state index in [1.165, 1.54) is 24.3 Å². The van der Waals surface area contributed by atoms with Crippen molar-refractivity contribution < 1.29 is 28.3 Å². The summed E-state index contributed by atoms with van der Waals surface area (Å²) in [6.07, 6.45) is 0. The zero-order chi connectivity index (χ0) is 19.9. The predicted molar refractivity (Wildman–Crippen MR) is 94.7 cm³/mol. The third kappa shape index (κ3) is 4.81. The summed E-state index contributed by atoms with van der Waals surface area (Å²) in [6, 6.07) is 12.4. The van der Waals surface area contributed by atoms with Gasteiger partial charge in [-0.1, -0.05) is 0 Å². The molecule has 0 N–H and O–H groups in total. The molecule has 10 nitrogen and oxygen atoms in total. The van der Waals surface area contributed by atoms with Crippen LogP contribution in [0.15, 0.2) is 52.9 Å². The molecule has 0 saturated heterocycles. The van der Waals surface area contributed by atoms with Gasteiger partial charge in [-0.3, -0.25) is 10.1 Å². The van der Waals surface area contributed by atoms with Gasteiger partial charge >= 0.3 is 5.97 Å². The summed E-state index contributed by atoms with van der Waals surface area (Å²) in [4.78, 5) is 21.9. The van der Waals surface area contributed by atoms with Gasteiger partial charge in [0, 0.05) is 17.7 Å². The Bertz CT molecular complexity index is 952. The number of methoxy groups -OCH3 is 1. The largest absolute Gasteiger partial charge is 0.497 e. The zero-order valence-corrected chi connectivity index (χ0v) is 14.7. The second-order valence-corrected chi connectivity index (χ2v) is 5.43. The normalized spacial score (nSPS) is 10.3. The van der Waals surface area contributed by atoms with Crippen LogP contribution in [0.25, 0.3) is 11.5 Å². The minimum atomic E-state index is -0.606. The van der Waals surface area contributed by atoms with Gasteiger partial charge in [0.25, 0.3) is 11.6 Å². The number of non-ortho nitro benzene ring substituents is 1. The van der Waals surface area contributed by atoms with E-state index < -0.39 is 10.9 Å². The number of nitro benzene ring substituents is 1. The van der Waals surface area contributed by atoms with Crippen molar-refractivity contribution in [1.82, 2.24) is 10.2 Å². The number of carbonyl (C=O) groups is 1. The van der Waals surface area contributed by atoms with E-state index in [1.807, 2.05) is 0 Å². The fourth-order valence-electron chi connectivity index (χ4n) is 2.15. The van der Waals surface area contributed by atoms with Crippen molar-refractivity contribution in [3.63, 3.8) is 0 Å². The van der Waals surface area contributed by atoms with Crippen molar-refractivity contribution in [1.29, 1.82) is 0 Å². The summed E-state index contributed by atoms with van der Waals surface area (Å²) >= 11 is 0. The van der Waals surface area contributed by atoms with E-state index in [9.17, 15) is 14.9 Å². The molecule has 2 aromatic carbocycles. The summed E-state index contributed by atoms with van der Waals surface area (Å²) in [7, 11) is 1.55. The van der Waals surface area contributed by atoms with Crippen LogP contribution in [0, 0.1) is 10.1 Å². The number of nitrogens with zero attached hydrogens (tertiary/aromatic N) is 3. The number of benzene rings is 2. The second kappa shape index (κ2) is 8.62. The van der Waals surface area contributed by atoms with Gasteiger partial charge in [-0.05, 0) is 36.4 Å². The van der Waals surface area contributed by atoms with Gasteiger partial charge in [0.15, 0.2) is 13.2 Å².